The normalized spacial score (nSPS) is 19.2. The topological polar surface area (TPSA) is 64.6 Å². The third-order valence-electron chi connectivity index (χ3n) is 4.35. The molecule has 5 nitrogen and oxygen atoms in total. The van der Waals surface area contributed by atoms with Gasteiger partial charge in [-0.2, -0.15) is 0 Å². The van der Waals surface area contributed by atoms with E-state index in [0.717, 1.165) is 16.9 Å². The number of carbonyl (C=O) groups excluding carboxylic acids is 2. The number of cyclic esters (lactones) is 1. The van der Waals surface area contributed by atoms with E-state index in [0.29, 0.717) is 19.1 Å². The highest BCUT2D eigenvalue weighted by atomic mass is 16.6. The van der Waals surface area contributed by atoms with Gasteiger partial charge < -0.3 is 14.8 Å². The van der Waals surface area contributed by atoms with Crippen LogP contribution in [-0.4, -0.2) is 30.6 Å². The zero-order chi connectivity index (χ0) is 17.9. The van der Waals surface area contributed by atoms with Crippen molar-refractivity contribution in [3.8, 4) is 5.75 Å². The lowest BCUT2D eigenvalue weighted by molar-refractivity contribution is -0.147. The first kappa shape index (κ1) is 18.3. The molecule has 0 bridgehead atoms. The quantitative estimate of drug-likeness (QED) is 0.642. The zero-order valence-corrected chi connectivity index (χ0v) is 15.1. The summed E-state index contributed by atoms with van der Waals surface area (Å²) in [6, 6.07) is 6.17. The summed E-state index contributed by atoms with van der Waals surface area (Å²) < 4.78 is 11.0. The van der Waals surface area contributed by atoms with Gasteiger partial charge >= 0.3 is 5.97 Å². The number of ether oxygens (including phenoxy) is 2. The highest BCUT2D eigenvalue weighted by Gasteiger charge is 2.45. The van der Waals surface area contributed by atoms with Gasteiger partial charge in [-0.05, 0) is 43.9 Å². The van der Waals surface area contributed by atoms with Gasteiger partial charge in [0, 0.05) is 0 Å². The SMILES string of the molecule is Cc1ccc(C(C)C)c(OCCNC(=O)[C@@H]2CC(=O)OC2(C)C)c1. The van der Waals surface area contributed by atoms with Crippen molar-refractivity contribution in [2.75, 3.05) is 13.2 Å². The molecule has 1 amide bonds. The average molecular weight is 333 g/mol. The predicted octanol–water partition coefficient (Wildman–Crippen LogP) is 2.96. The molecule has 0 radical (unpaired) electrons. The zero-order valence-electron chi connectivity index (χ0n) is 15.1. The number of benzene rings is 1. The monoisotopic (exact) mass is 333 g/mol. The molecule has 0 unspecified atom stereocenters. The van der Waals surface area contributed by atoms with Gasteiger partial charge in [0.05, 0.1) is 18.9 Å². The van der Waals surface area contributed by atoms with E-state index < -0.39 is 11.5 Å². The third kappa shape index (κ3) is 4.28. The molecule has 0 aromatic heterocycles. The second-order valence-electron chi connectivity index (χ2n) is 7.17. The first-order valence-electron chi connectivity index (χ1n) is 8.43. The summed E-state index contributed by atoms with van der Waals surface area (Å²) in [5.41, 5.74) is 1.55. The average Bonchev–Trinajstić information content (AvgIpc) is 2.76. The van der Waals surface area contributed by atoms with E-state index in [9.17, 15) is 9.59 Å². The Morgan fingerprint density at radius 2 is 2.12 bits per heavy atom. The maximum Gasteiger partial charge on any atom is 0.307 e. The van der Waals surface area contributed by atoms with Crippen LogP contribution in [0.4, 0.5) is 0 Å². The summed E-state index contributed by atoms with van der Waals surface area (Å²) in [6.45, 7) is 10.6. The minimum atomic E-state index is -0.747. The van der Waals surface area contributed by atoms with E-state index in [-0.39, 0.29) is 18.3 Å². The Bertz CT molecular complexity index is 622. The molecule has 2 rings (SSSR count). The first-order chi connectivity index (χ1) is 11.2. The summed E-state index contributed by atoms with van der Waals surface area (Å²) in [5.74, 6) is 0.298. The van der Waals surface area contributed by atoms with Crippen LogP contribution in [0.3, 0.4) is 0 Å². The van der Waals surface area contributed by atoms with Gasteiger partial charge in [-0.15, -0.1) is 0 Å². The van der Waals surface area contributed by atoms with Crippen molar-refractivity contribution in [1.82, 2.24) is 5.32 Å². The smallest absolute Gasteiger partial charge is 0.307 e. The minimum absolute atomic E-state index is 0.134. The minimum Gasteiger partial charge on any atom is -0.491 e. The van der Waals surface area contributed by atoms with Crippen LogP contribution in [0.1, 0.15) is 51.2 Å². The summed E-state index contributed by atoms with van der Waals surface area (Å²) >= 11 is 0. The molecule has 5 heteroatoms. The number of hydrogen-bond donors (Lipinski definition) is 1. The van der Waals surface area contributed by atoms with Crippen molar-refractivity contribution < 1.29 is 19.1 Å². The molecule has 1 aromatic rings. The fourth-order valence-corrected chi connectivity index (χ4v) is 2.93. The number of esters is 1. The molecule has 1 aliphatic rings. The summed E-state index contributed by atoms with van der Waals surface area (Å²) in [6.07, 6.45) is 0.134. The van der Waals surface area contributed by atoms with E-state index in [1.54, 1.807) is 13.8 Å². The Kier molecular flexibility index (Phi) is 5.52. The van der Waals surface area contributed by atoms with Gasteiger partial charge in [-0.1, -0.05) is 26.0 Å². The molecule has 1 aliphatic heterocycles. The van der Waals surface area contributed by atoms with Crippen molar-refractivity contribution in [1.29, 1.82) is 0 Å². The summed E-state index contributed by atoms with van der Waals surface area (Å²) in [5, 5.41) is 2.84. The lowest BCUT2D eigenvalue weighted by Crippen LogP contribution is -2.41. The third-order valence-corrected chi connectivity index (χ3v) is 4.35. The highest BCUT2D eigenvalue weighted by molar-refractivity contribution is 5.87. The van der Waals surface area contributed by atoms with Crippen LogP contribution in [0.2, 0.25) is 0 Å². The number of carbonyl (C=O) groups is 2. The fourth-order valence-electron chi connectivity index (χ4n) is 2.93. The van der Waals surface area contributed by atoms with Crippen LogP contribution in [-0.2, 0) is 14.3 Å². The fraction of sp³-hybridized carbons (Fsp3) is 0.579. The molecule has 1 heterocycles. The van der Waals surface area contributed by atoms with Crippen molar-refractivity contribution in [3.63, 3.8) is 0 Å². The number of hydrogen-bond acceptors (Lipinski definition) is 4. The van der Waals surface area contributed by atoms with Crippen LogP contribution in [0.25, 0.3) is 0 Å². The molecule has 24 heavy (non-hydrogen) atoms. The van der Waals surface area contributed by atoms with Crippen molar-refractivity contribution in [2.24, 2.45) is 5.92 Å². The molecule has 0 saturated carbocycles. The predicted molar refractivity (Wildman–Crippen MR) is 92.1 cm³/mol. The van der Waals surface area contributed by atoms with E-state index in [2.05, 4.69) is 31.3 Å². The Hall–Kier alpha value is -2.04. The first-order valence-corrected chi connectivity index (χ1v) is 8.43. The summed E-state index contributed by atoms with van der Waals surface area (Å²) in [7, 11) is 0. The van der Waals surface area contributed by atoms with Crippen LogP contribution in [0, 0.1) is 12.8 Å². The molecule has 132 valence electrons. The molecule has 1 saturated heterocycles. The van der Waals surface area contributed by atoms with Crippen LogP contribution in [0.5, 0.6) is 5.75 Å². The molecule has 1 aromatic carbocycles. The molecule has 0 spiro atoms. The Balaban J connectivity index is 1.86. The van der Waals surface area contributed by atoms with Crippen LogP contribution in [0.15, 0.2) is 18.2 Å². The maximum absolute atomic E-state index is 12.2. The van der Waals surface area contributed by atoms with E-state index in [4.69, 9.17) is 9.47 Å². The van der Waals surface area contributed by atoms with Crippen LogP contribution >= 0.6 is 0 Å². The molecular formula is C19H27NO4. The highest BCUT2D eigenvalue weighted by Crippen LogP contribution is 2.32. The molecule has 1 fully saturated rings. The number of nitrogens with one attached hydrogen (secondary N) is 1. The van der Waals surface area contributed by atoms with Crippen molar-refractivity contribution in [2.45, 2.75) is 52.6 Å². The molecule has 1 N–H and O–H groups in total. The van der Waals surface area contributed by atoms with Gasteiger partial charge in [0.25, 0.3) is 0 Å². The van der Waals surface area contributed by atoms with Crippen molar-refractivity contribution >= 4 is 11.9 Å². The van der Waals surface area contributed by atoms with Crippen LogP contribution < -0.4 is 10.1 Å². The Labute approximate surface area is 143 Å². The van der Waals surface area contributed by atoms with Gasteiger partial charge in [0.2, 0.25) is 5.91 Å². The van der Waals surface area contributed by atoms with Gasteiger partial charge in [0.15, 0.2) is 0 Å². The maximum atomic E-state index is 12.2. The standard InChI is InChI=1S/C19H27NO4/c1-12(2)14-7-6-13(3)10-16(14)23-9-8-20-18(22)15-11-17(21)24-19(15,4)5/h6-7,10,12,15H,8-9,11H2,1-5H3,(H,20,22)/t15-/m0/s1. The largest absolute Gasteiger partial charge is 0.491 e. The van der Waals surface area contributed by atoms with Gasteiger partial charge in [-0.25, -0.2) is 0 Å². The summed E-state index contributed by atoms with van der Waals surface area (Å²) in [4.78, 5) is 23.6. The lowest BCUT2D eigenvalue weighted by atomic mass is 9.90. The van der Waals surface area contributed by atoms with E-state index in [1.807, 2.05) is 13.0 Å². The number of rotatable bonds is 6. The second-order valence-corrected chi connectivity index (χ2v) is 7.17. The van der Waals surface area contributed by atoms with Gasteiger partial charge in [-0.3, -0.25) is 9.59 Å². The lowest BCUT2D eigenvalue weighted by Gasteiger charge is -2.23. The van der Waals surface area contributed by atoms with E-state index in [1.165, 1.54) is 0 Å². The molecular weight excluding hydrogens is 306 g/mol. The Morgan fingerprint density at radius 3 is 2.71 bits per heavy atom. The van der Waals surface area contributed by atoms with Crippen molar-refractivity contribution in [3.05, 3.63) is 29.3 Å². The van der Waals surface area contributed by atoms with Gasteiger partial charge in [0.1, 0.15) is 18.0 Å². The molecule has 1 atom stereocenters. The Morgan fingerprint density at radius 1 is 1.42 bits per heavy atom. The number of amides is 1. The second kappa shape index (κ2) is 7.24. The molecule has 0 aliphatic carbocycles. The number of aryl methyl sites for hydroxylation is 1. The van der Waals surface area contributed by atoms with E-state index >= 15 is 0 Å².